The van der Waals surface area contributed by atoms with Gasteiger partial charge in [0.05, 0.1) is 30.8 Å². The highest BCUT2D eigenvalue weighted by molar-refractivity contribution is 8.16. The van der Waals surface area contributed by atoms with Crippen LogP contribution in [-0.4, -0.2) is 34.0 Å². The first kappa shape index (κ1) is 24.7. The summed E-state index contributed by atoms with van der Waals surface area (Å²) in [6.45, 7) is 6.69. The predicted molar refractivity (Wildman–Crippen MR) is 138 cm³/mol. The molecule has 0 aliphatic carbocycles. The second-order valence-electron chi connectivity index (χ2n) is 8.74. The van der Waals surface area contributed by atoms with Gasteiger partial charge >= 0.3 is 5.97 Å². The molecule has 1 aromatic carbocycles. The number of carbonyl (C=O) groups is 2. The molecule has 35 heavy (non-hydrogen) atoms. The van der Waals surface area contributed by atoms with E-state index in [1.807, 2.05) is 29.4 Å². The van der Waals surface area contributed by atoms with Gasteiger partial charge in [0.15, 0.2) is 5.17 Å². The predicted octanol–water partition coefficient (Wildman–Crippen LogP) is 5.05. The fourth-order valence-corrected chi connectivity index (χ4v) is 5.16. The molecule has 2 aromatic rings. The van der Waals surface area contributed by atoms with Crippen LogP contribution in [0.3, 0.4) is 0 Å². The van der Waals surface area contributed by atoms with E-state index in [4.69, 9.17) is 9.73 Å². The Morgan fingerprint density at radius 2 is 1.97 bits per heavy atom. The van der Waals surface area contributed by atoms with Crippen molar-refractivity contribution >= 4 is 28.8 Å². The summed E-state index contributed by atoms with van der Waals surface area (Å²) in [4.78, 5) is 36.7. The molecule has 0 unspecified atom stereocenters. The Labute approximate surface area is 210 Å². The van der Waals surface area contributed by atoms with E-state index in [0.717, 1.165) is 22.0 Å². The molecular formula is C27H30N4O3S. The number of pyridine rings is 1. The standard InChI is InChI=1S/C27H30N4O3S/c1-5-22-24(26(33)34-4)25(20-10-8-19(9-11-20)17(2)3)31-21(16-35-27(31)30-22)13-23(32)29-15-18-7-6-12-28-14-18/h6-12,14,16-17,25H,5,13,15H2,1-4H3,(H,29,32)/t25-/m0/s1. The van der Waals surface area contributed by atoms with Gasteiger partial charge in [0, 0.05) is 24.6 Å². The lowest BCUT2D eigenvalue weighted by molar-refractivity contribution is -0.136. The average Bonchev–Trinajstić information content (AvgIpc) is 3.28. The molecule has 0 radical (unpaired) electrons. The minimum atomic E-state index is -0.418. The molecule has 7 nitrogen and oxygen atoms in total. The maximum atomic E-state index is 13.0. The topological polar surface area (TPSA) is 83.9 Å². The summed E-state index contributed by atoms with van der Waals surface area (Å²) in [6, 6.07) is 11.7. The number of hydrogen-bond acceptors (Lipinski definition) is 7. The van der Waals surface area contributed by atoms with Crippen LogP contribution in [-0.2, 0) is 20.9 Å². The minimum Gasteiger partial charge on any atom is -0.466 e. The van der Waals surface area contributed by atoms with Gasteiger partial charge in [-0.05, 0) is 40.5 Å². The number of thioether (sulfide) groups is 1. The van der Waals surface area contributed by atoms with Gasteiger partial charge in [-0.3, -0.25) is 9.78 Å². The van der Waals surface area contributed by atoms with Gasteiger partial charge in [-0.15, -0.1) is 0 Å². The third-order valence-electron chi connectivity index (χ3n) is 6.10. The number of carbonyl (C=O) groups excluding carboxylic acids is 2. The molecular weight excluding hydrogens is 460 g/mol. The van der Waals surface area contributed by atoms with Crippen LogP contribution in [0.5, 0.6) is 0 Å². The number of aromatic nitrogens is 1. The molecule has 0 bridgehead atoms. The number of fused-ring (bicyclic) bond motifs is 1. The van der Waals surface area contributed by atoms with E-state index in [0.29, 0.717) is 30.2 Å². The van der Waals surface area contributed by atoms with E-state index >= 15 is 0 Å². The average molecular weight is 491 g/mol. The van der Waals surface area contributed by atoms with E-state index in [9.17, 15) is 9.59 Å². The van der Waals surface area contributed by atoms with Gasteiger partial charge in [0.25, 0.3) is 0 Å². The zero-order valence-corrected chi connectivity index (χ0v) is 21.3. The molecule has 182 valence electrons. The third kappa shape index (κ3) is 5.32. The highest BCUT2D eigenvalue weighted by Gasteiger charge is 2.41. The number of nitrogens with one attached hydrogen (secondary N) is 1. The van der Waals surface area contributed by atoms with Crippen molar-refractivity contribution < 1.29 is 14.3 Å². The van der Waals surface area contributed by atoms with Crippen LogP contribution in [0.2, 0.25) is 0 Å². The molecule has 3 heterocycles. The van der Waals surface area contributed by atoms with Crippen molar-refractivity contribution in [2.45, 2.75) is 52.1 Å². The number of methoxy groups -OCH3 is 1. The van der Waals surface area contributed by atoms with Crippen molar-refractivity contribution in [2.24, 2.45) is 4.99 Å². The third-order valence-corrected chi connectivity index (χ3v) is 6.99. The van der Waals surface area contributed by atoms with Gasteiger partial charge in [0.1, 0.15) is 0 Å². The van der Waals surface area contributed by atoms with Crippen LogP contribution >= 0.6 is 11.8 Å². The summed E-state index contributed by atoms with van der Waals surface area (Å²) in [5, 5.41) is 5.68. The van der Waals surface area contributed by atoms with Crippen molar-refractivity contribution in [2.75, 3.05) is 7.11 Å². The molecule has 0 saturated carbocycles. The number of esters is 1. The van der Waals surface area contributed by atoms with Crippen LogP contribution in [0.25, 0.3) is 0 Å². The summed E-state index contributed by atoms with van der Waals surface area (Å²) < 4.78 is 5.18. The van der Waals surface area contributed by atoms with Crippen molar-refractivity contribution in [3.8, 4) is 0 Å². The molecule has 1 N–H and O–H groups in total. The number of hydrogen-bond donors (Lipinski definition) is 1. The number of amides is 1. The molecule has 1 amide bonds. The van der Waals surface area contributed by atoms with E-state index in [1.165, 1.54) is 24.4 Å². The molecule has 0 saturated heterocycles. The smallest absolute Gasteiger partial charge is 0.338 e. The second kappa shape index (κ2) is 10.9. The summed E-state index contributed by atoms with van der Waals surface area (Å²) >= 11 is 1.48. The fraction of sp³-hybridized carbons (Fsp3) is 0.333. The van der Waals surface area contributed by atoms with Gasteiger partial charge < -0.3 is 15.0 Å². The molecule has 8 heteroatoms. The Bertz CT molecular complexity index is 1190. The zero-order valence-electron chi connectivity index (χ0n) is 20.4. The molecule has 4 rings (SSSR count). The molecule has 1 aromatic heterocycles. The number of aliphatic imine (C=N–C) groups is 1. The Hall–Kier alpha value is -3.39. The van der Waals surface area contributed by atoms with Gasteiger partial charge in [-0.1, -0.05) is 62.9 Å². The largest absolute Gasteiger partial charge is 0.466 e. The van der Waals surface area contributed by atoms with Crippen molar-refractivity contribution in [3.63, 3.8) is 0 Å². The summed E-state index contributed by atoms with van der Waals surface area (Å²) in [5.41, 5.74) is 5.13. The van der Waals surface area contributed by atoms with E-state index < -0.39 is 12.0 Å². The summed E-state index contributed by atoms with van der Waals surface area (Å²) in [7, 11) is 1.39. The highest BCUT2D eigenvalue weighted by atomic mass is 32.2. The Morgan fingerprint density at radius 3 is 2.60 bits per heavy atom. The lowest BCUT2D eigenvalue weighted by Gasteiger charge is -2.36. The first-order valence-electron chi connectivity index (χ1n) is 11.7. The van der Waals surface area contributed by atoms with E-state index in [-0.39, 0.29) is 12.3 Å². The van der Waals surface area contributed by atoms with Crippen molar-refractivity contribution in [1.29, 1.82) is 0 Å². The molecule has 0 fully saturated rings. The SMILES string of the molecule is CCC1=C(C(=O)OC)[C@H](c2ccc(C(C)C)cc2)N2C(CC(=O)NCc3cccnc3)=CSC2=N1. The van der Waals surface area contributed by atoms with Crippen molar-refractivity contribution in [1.82, 2.24) is 15.2 Å². The quantitative estimate of drug-likeness (QED) is 0.522. The normalized spacial score (nSPS) is 17.2. The van der Waals surface area contributed by atoms with Gasteiger partial charge in [-0.2, -0.15) is 0 Å². The Morgan fingerprint density at radius 1 is 1.20 bits per heavy atom. The van der Waals surface area contributed by atoms with Gasteiger partial charge in [0.2, 0.25) is 5.91 Å². The molecule has 0 spiro atoms. The summed E-state index contributed by atoms with van der Waals surface area (Å²) in [6.07, 6.45) is 4.21. The van der Waals surface area contributed by atoms with Gasteiger partial charge in [-0.25, -0.2) is 9.79 Å². The molecule has 2 aliphatic rings. The van der Waals surface area contributed by atoms with Crippen LogP contribution < -0.4 is 5.32 Å². The number of ether oxygens (including phenoxy) is 1. The first-order valence-corrected chi connectivity index (χ1v) is 12.6. The number of benzene rings is 1. The molecule has 1 atom stereocenters. The second-order valence-corrected chi connectivity index (χ2v) is 9.57. The lowest BCUT2D eigenvalue weighted by Crippen LogP contribution is -2.38. The number of rotatable bonds is 8. The van der Waals surface area contributed by atoms with Crippen LogP contribution in [0.15, 0.2) is 76.2 Å². The van der Waals surface area contributed by atoms with E-state index in [1.54, 1.807) is 12.4 Å². The number of nitrogens with zero attached hydrogens (tertiary/aromatic N) is 3. The maximum Gasteiger partial charge on any atom is 0.338 e. The maximum absolute atomic E-state index is 13.0. The summed E-state index contributed by atoms with van der Waals surface area (Å²) in [5.74, 6) is -0.115. The van der Waals surface area contributed by atoms with Crippen LogP contribution in [0.1, 0.15) is 62.3 Å². The number of allylic oxidation sites excluding steroid dienone is 1. The minimum absolute atomic E-state index is 0.110. The van der Waals surface area contributed by atoms with Crippen molar-refractivity contribution in [3.05, 3.63) is 87.9 Å². The lowest BCUT2D eigenvalue weighted by atomic mass is 9.91. The first-order chi connectivity index (χ1) is 16.9. The highest BCUT2D eigenvalue weighted by Crippen LogP contribution is 2.45. The molecule has 2 aliphatic heterocycles. The van der Waals surface area contributed by atoms with Crippen LogP contribution in [0, 0.1) is 0 Å². The zero-order chi connectivity index (χ0) is 24.9. The monoisotopic (exact) mass is 490 g/mol. The Kier molecular flexibility index (Phi) is 7.70. The fourth-order valence-electron chi connectivity index (χ4n) is 4.22. The van der Waals surface area contributed by atoms with Crippen LogP contribution in [0.4, 0.5) is 0 Å². The number of amidine groups is 1. The van der Waals surface area contributed by atoms with E-state index in [2.05, 4.69) is 48.4 Å². The Balaban J connectivity index is 1.64.